The first kappa shape index (κ1) is 13.2. The van der Waals surface area contributed by atoms with Gasteiger partial charge in [0, 0.05) is 19.5 Å². The van der Waals surface area contributed by atoms with Crippen molar-refractivity contribution in [2.45, 2.75) is 46.1 Å². The molecule has 4 nitrogen and oxygen atoms in total. The lowest BCUT2D eigenvalue weighted by molar-refractivity contribution is 0.389. The molecule has 0 spiro atoms. The highest BCUT2D eigenvalue weighted by molar-refractivity contribution is 4.89. The van der Waals surface area contributed by atoms with Crippen LogP contribution in [0.2, 0.25) is 0 Å². The molecule has 1 N–H and O–H groups in total. The summed E-state index contributed by atoms with van der Waals surface area (Å²) in [6.45, 7) is 7.72. The minimum atomic E-state index is 0.517. The fourth-order valence-corrected chi connectivity index (χ4v) is 1.91. The summed E-state index contributed by atoms with van der Waals surface area (Å²) in [6, 6.07) is 0.517. The fourth-order valence-electron chi connectivity index (χ4n) is 1.91. The summed E-state index contributed by atoms with van der Waals surface area (Å²) >= 11 is 0. The zero-order valence-corrected chi connectivity index (χ0v) is 10.9. The Balaban J connectivity index is 2.54. The van der Waals surface area contributed by atoms with Crippen LogP contribution < -0.4 is 5.32 Å². The number of aryl methyl sites for hydroxylation is 1. The summed E-state index contributed by atoms with van der Waals surface area (Å²) in [5, 5.41) is 7.64. The van der Waals surface area contributed by atoms with Crippen molar-refractivity contribution < 1.29 is 0 Å². The molecule has 0 bridgehead atoms. The summed E-state index contributed by atoms with van der Waals surface area (Å²) in [5.74, 6) is 1.83. The minimum Gasteiger partial charge on any atom is -0.314 e. The predicted molar refractivity (Wildman–Crippen MR) is 66.2 cm³/mol. The van der Waals surface area contributed by atoms with Crippen LogP contribution in [-0.2, 0) is 13.5 Å². The maximum absolute atomic E-state index is 4.28. The third-order valence-electron chi connectivity index (χ3n) is 3.11. The third kappa shape index (κ3) is 3.93. The molecule has 1 rings (SSSR count). The molecule has 0 saturated carbocycles. The van der Waals surface area contributed by atoms with Gasteiger partial charge in [-0.05, 0) is 18.9 Å². The molecule has 1 heterocycles. The van der Waals surface area contributed by atoms with Crippen LogP contribution in [0.1, 0.15) is 39.4 Å². The highest BCUT2D eigenvalue weighted by Gasteiger charge is 2.14. The van der Waals surface area contributed by atoms with Crippen molar-refractivity contribution in [3.8, 4) is 0 Å². The van der Waals surface area contributed by atoms with Gasteiger partial charge >= 0.3 is 0 Å². The first-order valence-electron chi connectivity index (χ1n) is 6.23. The Morgan fingerprint density at radius 1 is 1.44 bits per heavy atom. The third-order valence-corrected chi connectivity index (χ3v) is 3.11. The van der Waals surface area contributed by atoms with Crippen LogP contribution in [0.3, 0.4) is 0 Å². The number of nitrogens with one attached hydrogen (secondary N) is 1. The highest BCUT2D eigenvalue weighted by Crippen LogP contribution is 2.12. The molecule has 0 aromatic carbocycles. The van der Waals surface area contributed by atoms with Gasteiger partial charge in [0.1, 0.15) is 12.2 Å². The van der Waals surface area contributed by atoms with Crippen molar-refractivity contribution in [1.82, 2.24) is 20.1 Å². The van der Waals surface area contributed by atoms with E-state index in [2.05, 4.69) is 36.2 Å². The topological polar surface area (TPSA) is 42.7 Å². The van der Waals surface area contributed by atoms with E-state index in [0.29, 0.717) is 6.04 Å². The van der Waals surface area contributed by atoms with E-state index in [-0.39, 0.29) is 0 Å². The van der Waals surface area contributed by atoms with E-state index >= 15 is 0 Å². The molecule has 16 heavy (non-hydrogen) atoms. The first-order valence-corrected chi connectivity index (χ1v) is 6.23. The molecule has 2 unspecified atom stereocenters. The molecule has 0 saturated heterocycles. The van der Waals surface area contributed by atoms with E-state index in [4.69, 9.17) is 0 Å². The zero-order chi connectivity index (χ0) is 12.0. The summed E-state index contributed by atoms with van der Waals surface area (Å²) in [7, 11) is 1.95. The number of rotatable bonds is 7. The van der Waals surface area contributed by atoms with E-state index in [9.17, 15) is 0 Å². The average Bonchev–Trinajstić information content (AvgIpc) is 2.64. The number of aromatic nitrogens is 3. The fraction of sp³-hybridized carbons (Fsp3) is 0.833. The van der Waals surface area contributed by atoms with Crippen LogP contribution in [0.5, 0.6) is 0 Å². The van der Waals surface area contributed by atoms with E-state index in [1.54, 1.807) is 6.33 Å². The van der Waals surface area contributed by atoms with Gasteiger partial charge in [0.05, 0.1) is 0 Å². The van der Waals surface area contributed by atoms with E-state index < -0.39 is 0 Å². The van der Waals surface area contributed by atoms with Gasteiger partial charge < -0.3 is 5.32 Å². The van der Waals surface area contributed by atoms with Gasteiger partial charge in [-0.1, -0.05) is 27.2 Å². The minimum absolute atomic E-state index is 0.517. The molecule has 1 aromatic heterocycles. The largest absolute Gasteiger partial charge is 0.314 e. The second-order valence-corrected chi connectivity index (χ2v) is 4.51. The number of nitrogens with zero attached hydrogens (tertiary/aromatic N) is 3. The maximum atomic E-state index is 4.28. The van der Waals surface area contributed by atoms with Crippen LogP contribution in [0.25, 0.3) is 0 Å². The highest BCUT2D eigenvalue weighted by atomic mass is 15.3. The lowest BCUT2D eigenvalue weighted by atomic mass is 9.97. The molecule has 4 heteroatoms. The van der Waals surface area contributed by atoms with E-state index in [1.165, 1.54) is 12.8 Å². The van der Waals surface area contributed by atoms with Crippen LogP contribution >= 0.6 is 0 Å². The predicted octanol–water partition coefficient (Wildman–Crippen LogP) is 1.77. The molecule has 0 aliphatic rings. The van der Waals surface area contributed by atoms with Crippen LogP contribution in [0.15, 0.2) is 6.33 Å². The second kappa shape index (κ2) is 6.63. The Bertz CT molecular complexity index is 295. The Labute approximate surface area is 98.5 Å². The zero-order valence-electron chi connectivity index (χ0n) is 10.9. The van der Waals surface area contributed by atoms with E-state index in [0.717, 1.165) is 24.7 Å². The standard InChI is InChI=1S/C12H24N4/c1-5-10(3)7-11(13-6-2)8-12-14-9-15-16(12)4/h9-11,13H,5-8H2,1-4H3. The molecular formula is C12H24N4. The number of hydrogen-bond acceptors (Lipinski definition) is 3. The summed E-state index contributed by atoms with van der Waals surface area (Å²) in [5.41, 5.74) is 0. The molecule has 1 aromatic rings. The van der Waals surface area contributed by atoms with Gasteiger partial charge in [-0.15, -0.1) is 0 Å². The van der Waals surface area contributed by atoms with Crippen LogP contribution in [0.4, 0.5) is 0 Å². The van der Waals surface area contributed by atoms with Gasteiger partial charge in [-0.25, -0.2) is 4.98 Å². The smallest absolute Gasteiger partial charge is 0.138 e. The van der Waals surface area contributed by atoms with Gasteiger partial charge in [-0.2, -0.15) is 5.10 Å². The van der Waals surface area contributed by atoms with Crippen molar-refractivity contribution in [1.29, 1.82) is 0 Å². The van der Waals surface area contributed by atoms with Gasteiger partial charge in [-0.3, -0.25) is 4.68 Å². The molecular weight excluding hydrogens is 200 g/mol. The monoisotopic (exact) mass is 224 g/mol. The van der Waals surface area contributed by atoms with Gasteiger partial charge in [0.2, 0.25) is 0 Å². The first-order chi connectivity index (χ1) is 7.67. The van der Waals surface area contributed by atoms with Gasteiger partial charge in [0.15, 0.2) is 0 Å². The Hall–Kier alpha value is -0.900. The van der Waals surface area contributed by atoms with Crippen molar-refractivity contribution in [3.63, 3.8) is 0 Å². The Kier molecular flexibility index (Phi) is 5.46. The van der Waals surface area contributed by atoms with Crippen molar-refractivity contribution >= 4 is 0 Å². The number of likely N-dealkylation sites (N-methyl/N-ethyl adjacent to an activating group) is 1. The maximum Gasteiger partial charge on any atom is 0.138 e. The summed E-state index contributed by atoms with van der Waals surface area (Å²) in [4.78, 5) is 4.28. The quantitative estimate of drug-likeness (QED) is 0.767. The number of hydrogen-bond donors (Lipinski definition) is 1. The molecule has 92 valence electrons. The SMILES string of the molecule is CCNC(Cc1ncnn1C)CC(C)CC. The molecule has 0 fully saturated rings. The average molecular weight is 224 g/mol. The van der Waals surface area contributed by atoms with Crippen LogP contribution in [0, 0.1) is 5.92 Å². The lowest BCUT2D eigenvalue weighted by Gasteiger charge is -2.20. The summed E-state index contributed by atoms with van der Waals surface area (Å²) < 4.78 is 1.86. The Morgan fingerprint density at radius 3 is 2.69 bits per heavy atom. The second-order valence-electron chi connectivity index (χ2n) is 4.51. The van der Waals surface area contributed by atoms with Gasteiger partial charge in [0.25, 0.3) is 0 Å². The molecule has 0 radical (unpaired) electrons. The van der Waals surface area contributed by atoms with Crippen molar-refractivity contribution in [2.75, 3.05) is 6.54 Å². The van der Waals surface area contributed by atoms with Crippen LogP contribution in [-0.4, -0.2) is 27.4 Å². The lowest BCUT2D eigenvalue weighted by Crippen LogP contribution is -2.33. The van der Waals surface area contributed by atoms with Crippen molar-refractivity contribution in [2.24, 2.45) is 13.0 Å². The molecule has 0 aliphatic heterocycles. The normalized spacial score (nSPS) is 15.0. The van der Waals surface area contributed by atoms with E-state index in [1.807, 2.05) is 11.7 Å². The molecule has 0 amide bonds. The molecule has 2 atom stereocenters. The van der Waals surface area contributed by atoms with Crippen molar-refractivity contribution in [3.05, 3.63) is 12.2 Å². The Morgan fingerprint density at radius 2 is 2.19 bits per heavy atom. The molecule has 0 aliphatic carbocycles. The summed E-state index contributed by atoms with van der Waals surface area (Å²) in [6.07, 6.45) is 5.04.